The molecular weight excluding hydrogens is 395 g/mol. The summed E-state index contributed by atoms with van der Waals surface area (Å²) in [6.07, 6.45) is 0. The summed E-state index contributed by atoms with van der Waals surface area (Å²) in [5.74, 6) is -5.73. The van der Waals surface area contributed by atoms with Gasteiger partial charge in [-0.3, -0.25) is 9.59 Å². The van der Waals surface area contributed by atoms with Gasteiger partial charge in [0.25, 0.3) is 0 Å². The Balaban J connectivity index is 1.59. The minimum absolute atomic E-state index is 0.424. The minimum Gasteiger partial charge on any atom is -0.363 e. The van der Waals surface area contributed by atoms with Crippen molar-refractivity contribution in [2.24, 2.45) is 0 Å². The smallest absolute Gasteiger partial charge is 0.243 e. The molecule has 156 valence electrons. The molecule has 5 nitrogen and oxygen atoms in total. The second kappa shape index (κ2) is 8.86. The van der Waals surface area contributed by atoms with Crippen molar-refractivity contribution in [1.82, 2.24) is 5.32 Å². The van der Waals surface area contributed by atoms with Crippen LogP contribution in [0.5, 0.6) is 0 Å². The SMILES string of the molecule is CC(C(=O)NCC(=O)Nc1ccc(F)c(F)c1F)N(C)c1ccc2ccccc2c1. The molecule has 3 rings (SSSR count). The van der Waals surface area contributed by atoms with Gasteiger partial charge in [-0.25, -0.2) is 13.2 Å². The van der Waals surface area contributed by atoms with Crippen LogP contribution in [0.3, 0.4) is 0 Å². The summed E-state index contributed by atoms with van der Waals surface area (Å²) in [6, 6.07) is 14.6. The highest BCUT2D eigenvalue weighted by Crippen LogP contribution is 2.23. The fraction of sp³-hybridized carbons (Fsp3) is 0.182. The number of carbonyl (C=O) groups excluding carboxylic acids is 2. The van der Waals surface area contributed by atoms with E-state index >= 15 is 0 Å². The van der Waals surface area contributed by atoms with Crippen LogP contribution < -0.4 is 15.5 Å². The normalized spacial score (nSPS) is 11.8. The van der Waals surface area contributed by atoms with E-state index in [1.807, 2.05) is 42.5 Å². The number of nitrogens with zero attached hydrogens (tertiary/aromatic N) is 1. The lowest BCUT2D eigenvalue weighted by molar-refractivity contribution is -0.124. The Morgan fingerprint density at radius 2 is 1.67 bits per heavy atom. The number of amides is 2. The van der Waals surface area contributed by atoms with Crippen LogP contribution in [0.25, 0.3) is 10.8 Å². The van der Waals surface area contributed by atoms with E-state index in [4.69, 9.17) is 0 Å². The van der Waals surface area contributed by atoms with Gasteiger partial charge in [0.15, 0.2) is 17.5 Å². The summed E-state index contributed by atoms with van der Waals surface area (Å²) >= 11 is 0. The van der Waals surface area contributed by atoms with Crippen LogP contribution >= 0.6 is 0 Å². The molecule has 0 spiro atoms. The topological polar surface area (TPSA) is 61.4 Å². The zero-order valence-corrected chi connectivity index (χ0v) is 16.4. The zero-order chi connectivity index (χ0) is 21.8. The molecule has 0 heterocycles. The van der Waals surface area contributed by atoms with Crippen molar-refractivity contribution in [3.8, 4) is 0 Å². The van der Waals surface area contributed by atoms with Gasteiger partial charge in [0, 0.05) is 12.7 Å². The molecule has 3 aromatic rings. The van der Waals surface area contributed by atoms with E-state index in [0.717, 1.165) is 22.5 Å². The predicted molar refractivity (Wildman–Crippen MR) is 110 cm³/mol. The molecule has 0 fully saturated rings. The van der Waals surface area contributed by atoms with Gasteiger partial charge in [-0.05, 0) is 42.0 Å². The van der Waals surface area contributed by atoms with E-state index in [9.17, 15) is 22.8 Å². The Kier molecular flexibility index (Phi) is 6.25. The molecule has 0 aliphatic rings. The summed E-state index contributed by atoms with van der Waals surface area (Å²) < 4.78 is 39.8. The van der Waals surface area contributed by atoms with Gasteiger partial charge >= 0.3 is 0 Å². The number of rotatable bonds is 6. The minimum atomic E-state index is -1.68. The second-order valence-electron chi connectivity index (χ2n) is 6.81. The third-order valence-electron chi connectivity index (χ3n) is 4.83. The van der Waals surface area contributed by atoms with E-state index in [1.165, 1.54) is 0 Å². The van der Waals surface area contributed by atoms with Gasteiger partial charge in [-0.15, -0.1) is 0 Å². The monoisotopic (exact) mass is 415 g/mol. The van der Waals surface area contributed by atoms with Gasteiger partial charge in [0.1, 0.15) is 6.04 Å². The maximum atomic E-state index is 13.6. The highest BCUT2D eigenvalue weighted by atomic mass is 19.2. The summed E-state index contributed by atoms with van der Waals surface area (Å²) in [6.45, 7) is 1.23. The third kappa shape index (κ3) is 4.53. The number of anilines is 2. The van der Waals surface area contributed by atoms with Gasteiger partial charge in [0.2, 0.25) is 11.8 Å². The average Bonchev–Trinajstić information content (AvgIpc) is 2.76. The third-order valence-corrected chi connectivity index (χ3v) is 4.83. The number of carbonyl (C=O) groups is 2. The number of hydrogen-bond acceptors (Lipinski definition) is 3. The Labute approximate surface area is 171 Å². The molecule has 1 unspecified atom stereocenters. The van der Waals surface area contributed by atoms with Crippen LogP contribution in [0.4, 0.5) is 24.5 Å². The molecule has 0 saturated carbocycles. The summed E-state index contributed by atoms with van der Waals surface area (Å²) in [4.78, 5) is 26.1. The largest absolute Gasteiger partial charge is 0.363 e. The Bertz CT molecular complexity index is 1100. The van der Waals surface area contributed by atoms with E-state index in [2.05, 4.69) is 10.6 Å². The van der Waals surface area contributed by atoms with Crippen molar-refractivity contribution < 1.29 is 22.8 Å². The highest BCUT2D eigenvalue weighted by Gasteiger charge is 2.20. The van der Waals surface area contributed by atoms with Gasteiger partial charge in [-0.1, -0.05) is 30.3 Å². The van der Waals surface area contributed by atoms with Crippen LogP contribution in [-0.4, -0.2) is 31.4 Å². The van der Waals surface area contributed by atoms with E-state index < -0.39 is 47.5 Å². The Morgan fingerprint density at radius 3 is 2.40 bits per heavy atom. The predicted octanol–water partition coefficient (Wildman–Crippen LogP) is 3.84. The molecule has 0 aromatic heterocycles. The van der Waals surface area contributed by atoms with Crippen molar-refractivity contribution in [3.63, 3.8) is 0 Å². The molecule has 0 bridgehead atoms. The average molecular weight is 415 g/mol. The number of nitrogens with one attached hydrogen (secondary N) is 2. The van der Waals surface area contributed by atoms with Crippen molar-refractivity contribution in [2.45, 2.75) is 13.0 Å². The van der Waals surface area contributed by atoms with Crippen LogP contribution in [0, 0.1) is 17.5 Å². The van der Waals surface area contributed by atoms with Crippen molar-refractivity contribution in [2.75, 3.05) is 23.8 Å². The fourth-order valence-electron chi connectivity index (χ4n) is 2.93. The standard InChI is InChI=1S/C22H20F3N3O2/c1-13(28(2)16-8-7-14-5-3-4-6-15(14)11-16)22(30)26-12-19(29)27-18-10-9-17(23)20(24)21(18)25/h3-11,13H,12H2,1-2H3,(H,26,30)(H,27,29). The Morgan fingerprint density at radius 1 is 0.967 bits per heavy atom. The van der Waals surface area contributed by atoms with Crippen molar-refractivity contribution >= 4 is 34.0 Å². The number of fused-ring (bicyclic) bond motifs is 1. The molecule has 0 aliphatic heterocycles. The summed E-state index contributed by atoms with van der Waals surface area (Å²) in [5, 5.41) is 6.66. The quantitative estimate of drug-likeness (QED) is 0.602. The summed E-state index contributed by atoms with van der Waals surface area (Å²) in [5.41, 5.74) is 0.319. The van der Waals surface area contributed by atoms with E-state index in [1.54, 1.807) is 18.9 Å². The van der Waals surface area contributed by atoms with Crippen molar-refractivity contribution in [1.29, 1.82) is 0 Å². The lowest BCUT2D eigenvalue weighted by Gasteiger charge is -2.26. The van der Waals surface area contributed by atoms with Crippen LogP contribution in [0.2, 0.25) is 0 Å². The maximum absolute atomic E-state index is 13.6. The molecule has 3 aromatic carbocycles. The molecule has 8 heteroatoms. The highest BCUT2D eigenvalue weighted by molar-refractivity contribution is 5.96. The number of hydrogen-bond donors (Lipinski definition) is 2. The first-order valence-electron chi connectivity index (χ1n) is 9.20. The number of benzene rings is 3. The van der Waals surface area contributed by atoms with Crippen LogP contribution in [-0.2, 0) is 9.59 Å². The summed E-state index contributed by atoms with van der Waals surface area (Å²) in [7, 11) is 1.76. The zero-order valence-electron chi connectivity index (χ0n) is 16.4. The first-order chi connectivity index (χ1) is 14.3. The van der Waals surface area contributed by atoms with Crippen molar-refractivity contribution in [3.05, 3.63) is 72.0 Å². The van der Waals surface area contributed by atoms with E-state index in [0.29, 0.717) is 6.07 Å². The molecule has 2 amide bonds. The Hall–Kier alpha value is -3.55. The molecule has 1 atom stereocenters. The molecule has 30 heavy (non-hydrogen) atoms. The fourth-order valence-corrected chi connectivity index (χ4v) is 2.93. The van der Waals surface area contributed by atoms with E-state index in [-0.39, 0.29) is 0 Å². The first-order valence-corrected chi connectivity index (χ1v) is 9.20. The van der Waals surface area contributed by atoms with Gasteiger partial charge < -0.3 is 15.5 Å². The lowest BCUT2D eigenvalue weighted by Crippen LogP contribution is -2.45. The van der Waals surface area contributed by atoms with Gasteiger partial charge in [0.05, 0.1) is 12.2 Å². The van der Waals surface area contributed by atoms with Crippen LogP contribution in [0.1, 0.15) is 6.92 Å². The molecule has 0 radical (unpaired) electrons. The number of likely N-dealkylation sites (N-methyl/N-ethyl adjacent to an activating group) is 1. The second-order valence-corrected chi connectivity index (χ2v) is 6.81. The molecular formula is C22H20F3N3O2. The first kappa shape index (κ1) is 21.2. The number of halogens is 3. The maximum Gasteiger partial charge on any atom is 0.243 e. The molecule has 0 saturated heterocycles. The van der Waals surface area contributed by atoms with Crippen LogP contribution in [0.15, 0.2) is 54.6 Å². The van der Waals surface area contributed by atoms with Gasteiger partial charge in [-0.2, -0.15) is 0 Å². The molecule has 0 aliphatic carbocycles. The molecule has 2 N–H and O–H groups in total. The lowest BCUT2D eigenvalue weighted by atomic mass is 10.1.